The lowest BCUT2D eigenvalue weighted by atomic mass is 10.4. The lowest BCUT2D eigenvalue weighted by molar-refractivity contribution is 0.0921. The van der Waals surface area contributed by atoms with Crippen molar-refractivity contribution in [1.29, 1.82) is 0 Å². The van der Waals surface area contributed by atoms with Crippen LogP contribution in [0.25, 0.3) is 0 Å². The van der Waals surface area contributed by atoms with Crippen molar-refractivity contribution >= 4 is 27.7 Å². The molecule has 0 atom stereocenters. The minimum absolute atomic E-state index is 0.285. The molecule has 0 aliphatic rings. The number of hydrogen-bond acceptors (Lipinski definition) is 7. The number of carbonyl (C=O) groups is 1. The molecular weight excluding hydrogens is 246 g/mol. The molecule has 0 aliphatic heterocycles. The predicted octanol–water partition coefficient (Wildman–Crippen LogP) is -2.03. The number of thiol groups is 2. The first-order valence-electron chi connectivity index (χ1n) is 3.43. The molecule has 0 unspecified atom stereocenters. The Hall–Kier alpha value is -1.55. The maximum Gasteiger partial charge on any atom is 0.299 e. The fourth-order valence-corrected chi connectivity index (χ4v) is 1.71. The van der Waals surface area contributed by atoms with Gasteiger partial charge in [0.2, 0.25) is 21.8 Å². The predicted molar refractivity (Wildman–Crippen MR) is 48.8 cm³/mol. The monoisotopic (exact) mass is 251 g/mol. The van der Waals surface area contributed by atoms with Crippen molar-refractivity contribution in [1.82, 2.24) is 13.7 Å². The largest absolute Gasteiger partial charge is 0.299 e. The van der Waals surface area contributed by atoms with Gasteiger partial charge in [-0.25, -0.2) is 26.8 Å². The van der Waals surface area contributed by atoms with Gasteiger partial charge in [-0.3, -0.25) is 4.79 Å². The van der Waals surface area contributed by atoms with Crippen molar-refractivity contribution in [2.45, 2.75) is 0 Å². The van der Waals surface area contributed by atoms with E-state index in [2.05, 4.69) is 9.97 Å². The standard InChI is InChI=1S/C5H5N3O5S2/c9-5(4-1-2-6-3-7-4)8(14(10)11)15(12)13/h1-3,14-15H. The molecule has 0 aliphatic carbocycles. The van der Waals surface area contributed by atoms with E-state index in [0.29, 0.717) is 0 Å². The van der Waals surface area contributed by atoms with Crippen molar-refractivity contribution in [2.24, 2.45) is 0 Å². The molecule has 15 heavy (non-hydrogen) atoms. The van der Waals surface area contributed by atoms with Gasteiger partial charge in [-0.15, -0.1) is 3.71 Å². The van der Waals surface area contributed by atoms with Crippen LogP contribution in [0.3, 0.4) is 0 Å². The summed E-state index contributed by atoms with van der Waals surface area (Å²) in [5, 5.41) is 0. The highest BCUT2D eigenvalue weighted by Crippen LogP contribution is 2.00. The smallest absolute Gasteiger partial charge is 0.265 e. The van der Waals surface area contributed by atoms with E-state index >= 15 is 0 Å². The number of nitrogens with zero attached hydrogens (tertiary/aromatic N) is 3. The van der Waals surface area contributed by atoms with E-state index in [1.54, 1.807) is 0 Å². The van der Waals surface area contributed by atoms with Crippen LogP contribution in [0, 0.1) is 0 Å². The molecule has 1 amide bonds. The Kier molecular flexibility index (Phi) is 3.68. The summed E-state index contributed by atoms with van der Waals surface area (Å²) in [4.78, 5) is 18.2. The molecule has 8 nitrogen and oxygen atoms in total. The fraction of sp³-hybridized carbons (Fsp3) is 0. The summed E-state index contributed by atoms with van der Waals surface area (Å²) in [5.41, 5.74) is -0.316. The molecule has 0 N–H and O–H groups in total. The zero-order chi connectivity index (χ0) is 11.4. The molecule has 1 rings (SSSR count). The van der Waals surface area contributed by atoms with E-state index in [-0.39, 0.29) is 9.40 Å². The van der Waals surface area contributed by atoms with Gasteiger partial charge in [0.15, 0.2) is 0 Å². The average Bonchev–Trinajstić information content (AvgIpc) is 2.18. The van der Waals surface area contributed by atoms with Gasteiger partial charge < -0.3 is 0 Å². The zero-order valence-corrected chi connectivity index (χ0v) is 8.80. The molecule has 0 radical (unpaired) electrons. The lowest BCUT2D eigenvalue weighted by Crippen LogP contribution is -2.28. The summed E-state index contributed by atoms with van der Waals surface area (Å²) in [6, 6.07) is 1.10. The van der Waals surface area contributed by atoms with Gasteiger partial charge in [-0.05, 0) is 6.07 Å². The first-order chi connectivity index (χ1) is 7.04. The first-order valence-corrected chi connectivity index (χ1v) is 5.69. The lowest BCUT2D eigenvalue weighted by Gasteiger charge is -2.05. The number of carbonyl (C=O) groups excluding carboxylic acids is 1. The van der Waals surface area contributed by atoms with Crippen molar-refractivity contribution in [2.75, 3.05) is 0 Å². The van der Waals surface area contributed by atoms with E-state index in [1.165, 1.54) is 6.20 Å². The van der Waals surface area contributed by atoms with Crippen LogP contribution < -0.4 is 0 Å². The van der Waals surface area contributed by atoms with Crippen molar-refractivity contribution in [3.05, 3.63) is 24.3 Å². The molecule has 0 fully saturated rings. The van der Waals surface area contributed by atoms with Crippen LogP contribution in [-0.4, -0.2) is 36.4 Å². The molecule has 82 valence electrons. The second kappa shape index (κ2) is 4.79. The third kappa shape index (κ3) is 2.70. The summed E-state index contributed by atoms with van der Waals surface area (Å²) in [6.07, 6.45) is 2.19. The van der Waals surface area contributed by atoms with Crippen molar-refractivity contribution in [3.8, 4) is 0 Å². The summed E-state index contributed by atoms with van der Waals surface area (Å²) < 4.78 is 41.6. The highest BCUT2D eigenvalue weighted by atomic mass is 32.2. The molecule has 1 heterocycles. The van der Waals surface area contributed by atoms with Crippen LogP contribution in [0.1, 0.15) is 10.5 Å². The van der Waals surface area contributed by atoms with Gasteiger partial charge in [0.1, 0.15) is 12.0 Å². The third-order valence-electron chi connectivity index (χ3n) is 1.29. The molecule has 0 aromatic carbocycles. The summed E-state index contributed by atoms with van der Waals surface area (Å²) >= 11 is 0. The molecule has 10 heteroatoms. The first kappa shape index (κ1) is 11.5. The van der Waals surface area contributed by atoms with E-state index in [9.17, 15) is 21.6 Å². The fourth-order valence-electron chi connectivity index (χ4n) is 0.728. The molecule has 0 saturated heterocycles. The Labute approximate surface area is 87.7 Å². The van der Waals surface area contributed by atoms with Crippen molar-refractivity contribution in [3.63, 3.8) is 0 Å². The van der Waals surface area contributed by atoms with E-state index in [0.717, 1.165) is 12.4 Å². The average molecular weight is 251 g/mol. The maximum absolute atomic E-state index is 11.3. The summed E-state index contributed by atoms with van der Waals surface area (Å²) in [5.74, 6) is -1.23. The highest BCUT2D eigenvalue weighted by molar-refractivity contribution is 7.86. The van der Waals surface area contributed by atoms with E-state index < -0.39 is 27.7 Å². The van der Waals surface area contributed by atoms with Crippen LogP contribution in [0.5, 0.6) is 0 Å². The van der Waals surface area contributed by atoms with Gasteiger partial charge in [0.05, 0.1) is 0 Å². The van der Waals surface area contributed by atoms with Gasteiger partial charge >= 0.3 is 0 Å². The Morgan fingerprint density at radius 3 is 2.20 bits per heavy atom. The van der Waals surface area contributed by atoms with Crippen LogP contribution >= 0.6 is 0 Å². The Bertz CT molecular complexity index is 471. The van der Waals surface area contributed by atoms with Crippen LogP contribution in [0.2, 0.25) is 0 Å². The normalized spacial score (nSPS) is 10.5. The topological polar surface area (TPSA) is 114 Å². The van der Waals surface area contributed by atoms with Gasteiger partial charge in [0.25, 0.3) is 5.91 Å². The zero-order valence-electron chi connectivity index (χ0n) is 7.01. The third-order valence-corrected chi connectivity index (χ3v) is 3.15. The van der Waals surface area contributed by atoms with Crippen molar-refractivity contribution < 1.29 is 21.6 Å². The van der Waals surface area contributed by atoms with Gasteiger partial charge in [-0.2, -0.15) is 0 Å². The van der Waals surface area contributed by atoms with Gasteiger partial charge in [0, 0.05) is 6.20 Å². The van der Waals surface area contributed by atoms with Crippen LogP contribution in [-0.2, 0) is 21.8 Å². The Morgan fingerprint density at radius 2 is 1.80 bits per heavy atom. The van der Waals surface area contributed by atoms with Gasteiger partial charge in [-0.1, -0.05) is 0 Å². The summed E-state index contributed by atoms with van der Waals surface area (Å²) in [7, 11) is -7.08. The molecule has 0 saturated carbocycles. The van der Waals surface area contributed by atoms with Crippen LogP contribution in [0.15, 0.2) is 18.6 Å². The number of amides is 1. The molecule has 0 spiro atoms. The SMILES string of the molecule is O=C(c1ccncn1)N([SH](=O)=O)[SH](=O)=O. The Morgan fingerprint density at radius 1 is 1.20 bits per heavy atom. The minimum atomic E-state index is -3.54. The quantitative estimate of drug-likeness (QED) is 0.595. The number of hydrogen-bond donors (Lipinski definition) is 2. The van der Waals surface area contributed by atoms with Crippen LogP contribution in [0.4, 0.5) is 0 Å². The number of aromatic nitrogens is 2. The highest BCUT2D eigenvalue weighted by Gasteiger charge is 2.21. The minimum Gasteiger partial charge on any atom is -0.265 e. The van der Waals surface area contributed by atoms with E-state index in [1.807, 2.05) is 0 Å². The second-order valence-corrected chi connectivity index (χ2v) is 4.23. The molecule has 0 bridgehead atoms. The maximum atomic E-state index is 11.3. The summed E-state index contributed by atoms with van der Waals surface area (Å²) in [6.45, 7) is 0. The second-order valence-electron chi connectivity index (χ2n) is 2.16. The molecule has 1 aromatic heterocycles. The molecular formula is C5H5N3O5S2. The Balaban J connectivity index is 3.13. The molecule has 1 aromatic rings. The van der Waals surface area contributed by atoms with E-state index in [4.69, 9.17) is 0 Å². The number of rotatable bonds is 3.